The normalized spacial score (nSPS) is 10.8. The van der Waals surface area contributed by atoms with E-state index in [1.165, 1.54) is 32.1 Å². The van der Waals surface area contributed by atoms with Crippen LogP contribution in [0.4, 0.5) is 0 Å². The van der Waals surface area contributed by atoms with Gasteiger partial charge in [-0.25, -0.2) is 0 Å². The molecule has 0 saturated carbocycles. The van der Waals surface area contributed by atoms with Gasteiger partial charge in [0.1, 0.15) is 6.17 Å². The third-order valence-electron chi connectivity index (χ3n) is 6.64. The first-order chi connectivity index (χ1) is 18.9. The van der Waals surface area contributed by atoms with Crippen molar-refractivity contribution >= 4 is 11.8 Å². The van der Waals surface area contributed by atoms with E-state index in [1.807, 2.05) is 62.4 Å². The summed E-state index contributed by atoms with van der Waals surface area (Å²) in [5, 5.41) is 5.95. The second-order valence-corrected chi connectivity index (χ2v) is 10.00. The molecule has 0 unspecified atom stereocenters. The average molecular weight is 531 g/mol. The van der Waals surface area contributed by atoms with Crippen LogP contribution in [-0.2, 0) is 0 Å². The topological polar surface area (TPSA) is 76.7 Å². The van der Waals surface area contributed by atoms with E-state index < -0.39 is 6.17 Å². The number of amides is 2. The molecule has 0 heterocycles. The van der Waals surface area contributed by atoms with Crippen LogP contribution < -0.4 is 20.1 Å². The molecule has 2 N–H and O–H groups in total. The molecule has 0 radical (unpaired) electrons. The van der Waals surface area contributed by atoms with Crippen molar-refractivity contribution in [2.45, 2.75) is 71.9 Å². The van der Waals surface area contributed by atoms with Crippen molar-refractivity contribution in [3.8, 4) is 11.5 Å². The molecule has 0 aromatic heterocycles. The quantitative estimate of drug-likeness (QED) is 0.160. The summed E-state index contributed by atoms with van der Waals surface area (Å²) in [6.07, 6.45) is 7.70. The van der Waals surface area contributed by atoms with Crippen LogP contribution in [0, 0.1) is 13.8 Å². The Morgan fingerprint density at radius 3 is 1.82 bits per heavy atom. The zero-order chi connectivity index (χ0) is 28.0. The summed E-state index contributed by atoms with van der Waals surface area (Å²) in [7, 11) is 1.59. The van der Waals surface area contributed by atoms with Gasteiger partial charge in [-0.2, -0.15) is 0 Å². The van der Waals surface area contributed by atoms with Gasteiger partial charge >= 0.3 is 0 Å². The maximum Gasteiger partial charge on any atom is 0.253 e. The minimum absolute atomic E-state index is 0.286. The van der Waals surface area contributed by atoms with Gasteiger partial charge in [-0.15, -0.1) is 0 Å². The van der Waals surface area contributed by atoms with Crippen LogP contribution in [0.3, 0.4) is 0 Å². The van der Waals surface area contributed by atoms with Crippen LogP contribution in [0.15, 0.2) is 66.7 Å². The number of carbonyl (C=O) groups excluding carboxylic acids is 2. The lowest BCUT2D eigenvalue weighted by Crippen LogP contribution is -2.41. The largest absolute Gasteiger partial charge is 0.493 e. The fourth-order valence-corrected chi connectivity index (χ4v) is 4.43. The van der Waals surface area contributed by atoms with E-state index in [4.69, 9.17) is 9.47 Å². The Labute approximate surface area is 233 Å². The Morgan fingerprint density at radius 1 is 0.718 bits per heavy atom. The van der Waals surface area contributed by atoms with E-state index in [0.717, 1.165) is 24.0 Å². The number of rotatable bonds is 15. The molecule has 0 aliphatic heterocycles. The summed E-state index contributed by atoms with van der Waals surface area (Å²) in [5.74, 6) is 0.619. The summed E-state index contributed by atoms with van der Waals surface area (Å²) in [6.45, 7) is 6.71. The molecule has 6 heteroatoms. The molecule has 0 spiro atoms. The number of benzene rings is 3. The Kier molecular flexibility index (Phi) is 11.9. The minimum atomic E-state index is -0.780. The SMILES string of the molecule is CCCCCCCCCOc1ccc(C(NC(=O)c2cccc(C)c2)NC(=O)c2cccc(C)c2)cc1OC. The third kappa shape index (κ3) is 9.47. The molecule has 3 aromatic rings. The van der Waals surface area contributed by atoms with E-state index in [-0.39, 0.29) is 11.8 Å². The van der Waals surface area contributed by atoms with Gasteiger partial charge in [-0.3, -0.25) is 9.59 Å². The highest BCUT2D eigenvalue weighted by Crippen LogP contribution is 2.30. The van der Waals surface area contributed by atoms with Crippen molar-refractivity contribution in [2.24, 2.45) is 0 Å². The smallest absolute Gasteiger partial charge is 0.253 e. The molecule has 0 atom stereocenters. The maximum atomic E-state index is 13.1. The lowest BCUT2D eigenvalue weighted by atomic mass is 10.1. The van der Waals surface area contributed by atoms with Gasteiger partial charge in [0, 0.05) is 11.1 Å². The summed E-state index contributed by atoms with van der Waals surface area (Å²) in [6, 6.07) is 20.2. The third-order valence-corrected chi connectivity index (χ3v) is 6.64. The van der Waals surface area contributed by atoms with Gasteiger partial charge in [0.2, 0.25) is 0 Å². The molecule has 0 bridgehead atoms. The minimum Gasteiger partial charge on any atom is -0.493 e. The van der Waals surface area contributed by atoms with Crippen LogP contribution in [0.1, 0.15) is 95.4 Å². The van der Waals surface area contributed by atoms with E-state index in [2.05, 4.69) is 17.6 Å². The monoisotopic (exact) mass is 530 g/mol. The van der Waals surface area contributed by atoms with Gasteiger partial charge in [-0.05, 0) is 62.2 Å². The molecular formula is C33H42N2O4. The number of ether oxygens (including phenoxy) is 2. The average Bonchev–Trinajstić information content (AvgIpc) is 2.94. The van der Waals surface area contributed by atoms with Crippen molar-refractivity contribution in [1.82, 2.24) is 10.6 Å². The zero-order valence-electron chi connectivity index (χ0n) is 23.7. The van der Waals surface area contributed by atoms with Gasteiger partial charge in [0.15, 0.2) is 11.5 Å². The Morgan fingerprint density at radius 2 is 1.28 bits per heavy atom. The van der Waals surface area contributed by atoms with Crippen LogP contribution in [0.5, 0.6) is 11.5 Å². The van der Waals surface area contributed by atoms with Crippen LogP contribution in [0.25, 0.3) is 0 Å². The second kappa shape index (κ2) is 15.6. The van der Waals surface area contributed by atoms with E-state index >= 15 is 0 Å². The number of unbranched alkanes of at least 4 members (excludes halogenated alkanes) is 6. The highest BCUT2D eigenvalue weighted by molar-refractivity contribution is 5.97. The summed E-state index contributed by atoms with van der Waals surface area (Å²) in [4.78, 5) is 26.3. The molecule has 208 valence electrons. The lowest BCUT2D eigenvalue weighted by molar-refractivity contribution is 0.0883. The predicted molar refractivity (Wildman–Crippen MR) is 157 cm³/mol. The van der Waals surface area contributed by atoms with E-state index in [1.54, 1.807) is 25.3 Å². The molecule has 0 saturated heterocycles. The number of nitrogens with one attached hydrogen (secondary N) is 2. The van der Waals surface area contributed by atoms with E-state index in [9.17, 15) is 9.59 Å². The number of hydrogen-bond acceptors (Lipinski definition) is 4. The van der Waals surface area contributed by atoms with Gasteiger partial charge < -0.3 is 20.1 Å². The van der Waals surface area contributed by atoms with Gasteiger partial charge in [0.25, 0.3) is 11.8 Å². The first-order valence-corrected chi connectivity index (χ1v) is 14.0. The van der Waals surface area contributed by atoms with Crippen molar-refractivity contribution in [3.63, 3.8) is 0 Å². The van der Waals surface area contributed by atoms with E-state index in [0.29, 0.717) is 34.8 Å². The Bertz CT molecular complexity index is 1160. The van der Waals surface area contributed by atoms with Gasteiger partial charge in [0.05, 0.1) is 13.7 Å². The molecule has 0 fully saturated rings. The molecule has 6 nitrogen and oxygen atoms in total. The fourth-order valence-electron chi connectivity index (χ4n) is 4.43. The van der Waals surface area contributed by atoms with Crippen LogP contribution in [-0.4, -0.2) is 25.5 Å². The highest BCUT2D eigenvalue weighted by atomic mass is 16.5. The predicted octanol–water partition coefficient (Wildman–Crippen LogP) is 7.30. The second-order valence-electron chi connectivity index (χ2n) is 10.00. The Hall–Kier alpha value is -3.80. The number of hydrogen-bond donors (Lipinski definition) is 2. The first kappa shape index (κ1) is 29.8. The van der Waals surface area contributed by atoms with Gasteiger partial charge in [-0.1, -0.05) is 86.9 Å². The highest BCUT2D eigenvalue weighted by Gasteiger charge is 2.21. The summed E-state index contributed by atoms with van der Waals surface area (Å²) >= 11 is 0. The van der Waals surface area contributed by atoms with Crippen molar-refractivity contribution in [2.75, 3.05) is 13.7 Å². The van der Waals surface area contributed by atoms with Crippen molar-refractivity contribution in [3.05, 3.63) is 94.5 Å². The lowest BCUT2D eigenvalue weighted by Gasteiger charge is -2.22. The molecule has 3 aromatic carbocycles. The van der Waals surface area contributed by atoms with Crippen molar-refractivity contribution in [1.29, 1.82) is 0 Å². The molecule has 2 amide bonds. The standard InChI is InChI=1S/C33H42N2O4/c1-5-6-7-8-9-10-11-20-39-29-19-18-26(23-30(29)38-4)31(34-32(36)27-16-12-14-24(2)21-27)35-33(37)28-17-13-15-25(3)22-28/h12-19,21-23,31H,5-11,20H2,1-4H3,(H,34,36)(H,35,37). The molecular weight excluding hydrogens is 488 g/mol. The summed E-state index contributed by atoms with van der Waals surface area (Å²) < 4.78 is 11.6. The number of carbonyl (C=O) groups is 2. The molecule has 3 rings (SSSR count). The maximum absolute atomic E-state index is 13.1. The Balaban J connectivity index is 1.74. The number of aryl methyl sites for hydroxylation is 2. The fraction of sp³-hybridized carbons (Fsp3) is 0.394. The van der Waals surface area contributed by atoms with Crippen molar-refractivity contribution < 1.29 is 19.1 Å². The van der Waals surface area contributed by atoms with Crippen LogP contribution >= 0.6 is 0 Å². The molecule has 0 aliphatic carbocycles. The molecule has 39 heavy (non-hydrogen) atoms. The zero-order valence-corrected chi connectivity index (χ0v) is 23.7. The number of methoxy groups -OCH3 is 1. The summed E-state index contributed by atoms with van der Waals surface area (Å²) in [5.41, 5.74) is 3.68. The van der Waals surface area contributed by atoms with Crippen LogP contribution in [0.2, 0.25) is 0 Å². The molecule has 0 aliphatic rings. The first-order valence-electron chi connectivity index (χ1n) is 14.0.